The minimum absolute atomic E-state index is 0.00632. The Morgan fingerprint density at radius 2 is 1.50 bits per heavy atom. The maximum atomic E-state index is 12.1. The highest BCUT2D eigenvalue weighted by molar-refractivity contribution is 5.99. The number of hydrogen-bond acceptors (Lipinski definition) is 6. The van der Waals surface area contributed by atoms with Gasteiger partial charge >= 0.3 is 5.97 Å². The molecule has 28 heavy (non-hydrogen) atoms. The zero-order chi connectivity index (χ0) is 20.1. The molecule has 0 aliphatic heterocycles. The Morgan fingerprint density at radius 3 is 2.11 bits per heavy atom. The summed E-state index contributed by atoms with van der Waals surface area (Å²) >= 11 is 0. The number of hydrogen-bond donors (Lipinski definition) is 0. The molecule has 1 heterocycles. The quantitative estimate of drug-likeness (QED) is 0.453. The molecule has 3 rings (SSSR count). The van der Waals surface area contributed by atoms with Crippen molar-refractivity contribution in [1.82, 2.24) is 0 Å². The minimum Gasteiger partial charge on any atom is -0.497 e. The molecule has 0 N–H and O–H groups in total. The van der Waals surface area contributed by atoms with E-state index in [1.165, 1.54) is 20.1 Å². The van der Waals surface area contributed by atoms with Crippen molar-refractivity contribution in [2.75, 3.05) is 13.7 Å². The number of ether oxygens (including phenoxy) is 2. The summed E-state index contributed by atoms with van der Waals surface area (Å²) in [6, 6.07) is 16.5. The molecule has 0 fully saturated rings. The summed E-state index contributed by atoms with van der Waals surface area (Å²) in [5.74, 6) is -0.00226. The highest BCUT2D eigenvalue weighted by Crippen LogP contribution is 2.23. The van der Waals surface area contributed by atoms with E-state index in [-0.39, 0.29) is 17.3 Å². The van der Waals surface area contributed by atoms with Gasteiger partial charge in [-0.25, -0.2) is 4.79 Å². The third-order valence-corrected chi connectivity index (χ3v) is 4.13. The van der Waals surface area contributed by atoms with E-state index in [0.29, 0.717) is 22.6 Å². The number of esters is 1. The fourth-order valence-corrected chi connectivity index (χ4v) is 2.53. The van der Waals surface area contributed by atoms with Gasteiger partial charge in [-0.15, -0.1) is 0 Å². The van der Waals surface area contributed by atoms with Crippen molar-refractivity contribution in [3.8, 4) is 17.1 Å². The van der Waals surface area contributed by atoms with E-state index >= 15 is 0 Å². The standard InChI is InChI=1S/C22H18O6/c1-14(23)15-3-5-17(6-4-15)20-11-12-21(28-20)22(25)27-13-19(24)16-7-9-18(26-2)10-8-16/h3-12H,13H2,1-2H3. The second-order valence-corrected chi connectivity index (χ2v) is 6.03. The van der Waals surface area contributed by atoms with Crippen LogP contribution in [0.5, 0.6) is 5.75 Å². The number of benzene rings is 2. The first-order chi connectivity index (χ1) is 13.5. The number of ketones is 2. The van der Waals surface area contributed by atoms with Crippen LogP contribution in [0.4, 0.5) is 0 Å². The second kappa shape index (κ2) is 8.35. The van der Waals surface area contributed by atoms with Crippen molar-refractivity contribution in [2.45, 2.75) is 6.92 Å². The van der Waals surface area contributed by atoms with Crippen molar-refractivity contribution < 1.29 is 28.3 Å². The molecule has 6 nitrogen and oxygen atoms in total. The predicted molar refractivity (Wildman–Crippen MR) is 102 cm³/mol. The first-order valence-electron chi connectivity index (χ1n) is 8.53. The smallest absolute Gasteiger partial charge is 0.374 e. The van der Waals surface area contributed by atoms with Crippen molar-refractivity contribution in [1.29, 1.82) is 0 Å². The van der Waals surface area contributed by atoms with Gasteiger partial charge in [-0.3, -0.25) is 9.59 Å². The Bertz CT molecular complexity index is 996. The number of methoxy groups -OCH3 is 1. The highest BCUT2D eigenvalue weighted by atomic mass is 16.5. The molecule has 0 bridgehead atoms. The van der Waals surface area contributed by atoms with Gasteiger partial charge in [-0.1, -0.05) is 24.3 Å². The van der Waals surface area contributed by atoms with Crippen LogP contribution >= 0.6 is 0 Å². The lowest BCUT2D eigenvalue weighted by Crippen LogP contribution is -2.13. The zero-order valence-electron chi connectivity index (χ0n) is 15.4. The second-order valence-electron chi connectivity index (χ2n) is 6.03. The van der Waals surface area contributed by atoms with E-state index in [0.717, 1.165) is 5.56 Å². The van der Waals surface area contributed by atoms with Crippen LogP contribution in [0.1, 0.15) is 38.2 Å². The van der Waals surface area contributed by atoms with E-state index in [9.17, 15) is 14.4 Å². The fourth-order valence-electron chi connectivity index (χ4n) is 2.53. The molecule has 0 unspecified atom stereocenters. The maximum absolute atomic E-state index is 12.1. The van der Waals surface area contributed by atoms with Crippen LogP contribution in [0.3, 0.4) is 0 Å². The number of furan rings is 1. The largest absolute Gasteiger partial charge is 0.497 e. The zero-order valence-corrected chi connectivity index (χ0v) is 15.4. The van der Waals surface area contributed by atoms with Crippen LogP contribution in [0.25, 0.3) is 11.3 Å². The average Bonchev–Trinajstić information content (AvgIpc) is 3.22. The lowest BCUT2D eigenvalue weighted by molar-refractivity contribution is 0.0445. The van der Waals surface area contributed by atoms with Crippen molar-refractivity contribution in [2.24, 2.45) is 0 Å². The first kappa shape index (κ1) is 19.1. The molecule has 0 aliphatic rings. The molecule has 6 heteroatoms. The monoisotopic (exact) mass is 378 g/mol. The molecule has 0 saturated heterocycles. The van der Waals surface area contributed by atoms with E-state index < -0.39 is 12.6 Å². The molecule has 1 aromatic heterocycles. The van der Waals surface area contributed by atoms with E-state index in [1.54, 1.807) is 54.6 Å². The Kier molecular flexibility index (Phi) is 5.69. The summed E-state index contributed by atoms with van der Waals surface area (Å²) in [5.41, 5.74) is 1.73. The number of carbonyl (C=O) groups excluding carboxylic acids is 3. The Labute approximate surface area is 161 Å². The summed E-state index contributed by atoms with van der Waals surface area (Å²) < 4.78 is 15.6. The van der Waals surface area contributed by atoms with E-state index in [1.807, 2.05) is 0 Å². The molecular formula is C22H18O6. The number of Topliss-reactive ketones (excluding diaryl/α,β-unsaturated/α-hetero) is 2. The summed E-state index contributed by atoms with van der Waals surface area (Å²) in [7, 11) is 1.54. The molecular weight excluding hydrogens is 360 g/mol. The van der Waals surface area contributed by atoms with Crippen LogP contribution in [0.2, 0.25) is 0 Å². The van der Waals surface area contributed by atoms with Gasteiger partial charge in [0.1, 0.15) is 11.5 Å². The summed E-state index contributed by atoms with van der Waals surface area (Å²) in [5, 5.41) is 0. The predicted octanol–water partition coefficient (Wildman–Crippen LogP) is 4.20. The third kappa shape index (κ3) is 4.35. The fraction of sp³-hybridized carbons (Fsp3) is 0.136. The minimum atomic E-state index is -0.728. The molecule has 0 spiro atoms. The van der Waals surface area contributed by atoms with Crippen molar-refractivity contribution >= 4 is 17.5 Å². The lowest BCUT2D eigenvalue weighted by Gasteiger charge is -2.04. The average molecular weight is 378 g/mol. The summed E-state index contributed by atoms with van der Waals surface area (Å²) in [4.78, 5) is 35.6. The maximum Gasteiger partial charge on any atom is 0.374 e. The summed E-state index contributed by atoms with van der Waals surface area (Å²) in [6.07, 6.45) is 0. The normalized spacial score (nSPS) is 10.4. The SMILES string of the molecule is COc1ccc(C(=O)COC(=O)c2ccc(-c3ccc(C(C)=O)cc3)o2)cc1. The molecule has 0 atom stereocenters. The van der Waals surface area contributed by atoms with Crippen LogP contribution in [-0.4, -0.2) is 31.3 Å². The van der Waals surface area contributed by atoms with Gasteiger partial charge in [0, 0.05) is 16.7 Å². The third-order valence-electron chi connectivity index (χ3n) is 4.13. The van der Waals surface area contributed by atoms with E-state index in [2.05, 4.69) is 0 Å². The first-order valence-corrected chi connectivity index (χ1v) is 8.53. The molecule has 0 aliphatic carbocycles. The van der Waals surface area contributed by atoms with Gasteiger partial charge in [-0.2, -0.15) is 0 Å². The highest BCUT2D eigenvalue weighted by Gasteiger charge is 2.16. The van der Waals surface area contributed by atoms with Gasteiger partial charge in [0.25, 0.3) is 0 Å². The molecule has 0 saturated carbocycles. The van der Waals surface area contributed by atoms with Crippen LogP contribution < -0.4 is 4.74 Å². The summed E-state index contributed by atoms with van der Waals surface area (Å²) in [6.45, 7) is 1.09. The van der Waals surface area contributed by atoms with Gasteiger partial charge in [0.15, 0.2) is 18.2 Å². The van der Waals surface area contributed by atoms with Crippen LogP contribution in [-0.2, 0) is 4.74 Å². The Hall–Kier alpha value is -3.67. The number of carbonyl (C=O) groups is 3. The van der Waals surface area contributed by atoms with Gasteiger partial charge in [0.05, 0.1) is 7.11 Å². The van der Waals surface area contributed by atoms with Crippen molar-refractivity contribution in [3.05, 3.63) is 77.6 Å². The van der Waals surface area contributed by atoms with Crippen molar-refractivity contribution in [3.63, 3.8) is 0 Å². The molecule has 3 aromatic rings. The van der Waals surface area contributed by atoms with Crippen LogP contribution in [0.15, 0.2) is 65.1 Å². The Balaban J connectivity index is 1.62. The number of rotatable bonds is 7. The van der Waals surface area contributed by atoms with Gasteiger partial charge in [-0.05, 0) is 43.3 Å². The molecule has 0 radical (unpaired) electrons. The topological polar surface area (TPSA) is 82.8 Å². The molecule has 0 amide bonds. The Morgan fingerprint density at radius 1 is 0.857 bits per heavy atom. The van der Waals surface area contributed by atoms with Crippen LogP contribution in [0, 0.1) is 0 Å². The van der Waals surface area contributed by atoms with Gasteiger partial charge < -0.3 is 13.9 Å². The van der Waals surface area contributed by atoms with E-state index in [4.69, 9.17) is 13.9 Å². The molecule has 2 aromatic carbocycles. The van der Waals surface area contributed by atoms with Gasteiger partial charge in [0.2, 0.25) is 5.76 Å². The molecule has 142 valence electrons. The lowest BCUT2D eigenvalue weighted by atomic mass is 10.1.